The number of ether oxygens (including phenoxy) is 1. The fraction of sp³-hybridized carbons (Fsp3) is 0.176. The number of nitrogens with zero attached hydrogens (tertiary/aromatic N) is 2. The Kier molecular flexibility index (Phi) is 6.57. The van der Waals surface area contributed by atoms with Crippen molar-refractivity contribution in [2.45, 2.75) is 11.8 Å². The third-order valence-electron chi connectivity index (χ3n) is 2.92. The van der Waals surface area contributed by atoms with Crippen molar-refractivity contribution in [3.8, 4) is 0 Å². The molecule has 7 heteroatoms. The molecule has 24 heavy (non-hydrogen) atoms. The lowest BCUT2D eigenvalue weighted by molar-refractivity contribution is 0.338. The van der Waals surface area contributed by atoms with Crippen LogP contribution < -0.4 is 0 Å². The smallest absolute Gasteiger partial charge is 0.284 e. The first-order chi connectivity index (χ1) is 11.6. The summed E-state index contributed by atoms with van der Waals surface area (Å²) in [5.41, 5.74) is 0.600. The second-order valence-corrected chi connectivity index (χ2v) is 6.95. The van der Waals surface area contributed by atoms with E-state index in [1.807, 2.05) is 19.2 Å². The number of thioether (sulfide) groups is 1. The molecule has 0 amide bonds. The first kappa shape index (κ1) is 18.2. The molecule has 0 aliphatic heterocycles. The molecule has 0 fully saturated rings. The van der Waals surface area contributed by atoms with Crippen LogP contribution in [0.1, 0.15) is 12.5 Å². The van der Waals surface area contributed by atoms with Crippen molar-refractivity contribution >= 4 is 32.9 Å². The van der Waals surface area contributed by atoms with Crippen molar-refractivity contribution in [2.24, 2.45) is 9.39 Å². The Morgan fingerprint density at radius 3 is 2.17 bits per heavy atom. The molecule has 0 bridgehead atoms. The van der Waals surface area contributed by atoms with Crippen LogP contribution in [-0.4, -0.2) is 32.3 Å². The lowest BCUT2D eigenvalue weighted by Gasteiger charge is -2.07. The molecule has 2 aromatic carbocycles. The Hall–Kier alpha value is -2.12. The highest BCUT2D eigenvalue weighted by Gasteiger charge is 2.15. The van der Waals surface area contributed by atoms with Gasteiger partial charge in [0, 0.05) is 5.56 Å². The molecule has 0 unspecified atom stereocenters. The van der Waals surface area contributed by atoms with Crippen molar-refractivity contribution in [3.05, 3.63) is 66.2 Å². The summed E-state index contributed by atoms with van der Waals surface area (Å²) in [6.45, 7) is 2.28. The van der Waals surface area contributed by atoms with Crippen LogP contribution in [0.2, 0.25) is 0 Å². The van der Waals surface area contributed by atoms with E-state index in [2.05, 4.69) is 9.39 Å². The SMILES string of the molecule is CCOC(=N/C(=N\S(=O)(=O)c1ccccc1)c1ccccc1)SC. The predicted molar refractivity (Wildman–Crippen MR) is 99.2 cm³/mol. The summed E-state index contributed by atoms with van der Waals surface area (Å²) in [5, 5.41) is 0.364. The molecule has 0 spiro atoms. The summed E-state index contributed by atoms with van der Waals surface area (Å²) in [7, 11) is -3.86. The quantitative estimate of drug-likeness (QED) is 0.616. The Bertz CT molecular complexity index is 817. The van der Waals surface area contributed by atoms with E-state index in [9.17, 15) is 8.42 Å². The number of aliphatic imine (C=N–C) groups is 1. The van der Waals surface area contributed by atoms with Crippen LogP contribution >= 0.6 is 11.8 Å². The van der Waals surface area contributed by atoms with Gasteiger partial charge in [-0.3, -0.25) is 0 Å². The molecule has 0 aliphatic carbocycles. The van der Waals surface area contributed by atoms with Crippen LogP contribution in [0.4, 0.5) is 0 Å². The maximum atomic E-state index is 12.5. The second kappa shape index (κ2) is 8.65. The summed E-state index contributed by atoms with van der Waals surface area (Å²) in [6.07, 6.45) is 1.81. The molecule has 0 saturated carbocycles. The van der Waals surface area contributed by atoms with Gasteiger partial charge in [0.2, 0.25) is 0 Å². The molecular formula is C17H18N2O3S2. The van der Waals surface area contributed by atoms with Crippen molar-refractivity contribution in [2.75, 3.05) is 12.9 Å². The zero-order chi connectivity index (χ0) is 17.4. The Balaban J connectivity index is 2.54. The minimum absolute atomic E-state index is 0.0947. The summed E-state index contributed by atoms with van der Waals surface area (Å²) in [5.74, 6) is 0.0947. The summed E-state index contributed by atoms with van der Waals surface area (Å²) in [6, 6.07) is 17.0. The monoisotopic (exact) mass is 362 g/mol. The number of amidine groups is 1. The van der Waals surface area contributed by atoms with E-state index in [1.54, 1.807) is 42.5 Å². The molecular weight excluding hydrogens is 344 g/mol. The molecule has 5 nitrogen and oxygen atoms in total. The van der Waals surface area contributed by atoms with E-state index < -0.39 is 10.0 Å². The topological polar surface area (TPSA) is 68.1 Å². The van der Waals surface area contributed by atoms with E-state index in [0.29, 0.717) is 17.4 Å². The standard InChI is InChI=1S/C17H18N2O3S2/c1-3-22-17(23-2)18-16(14-10-6-4-7-11-14)19-24(20,21)15-12-8-5-9-13-15/h4-13H,3H2,1-2H3/b18-17?,19-16-. The number of hydrogen-bond acceptors (Lipinski definition) is 4. The first-order valence-corrected chi connectivity index (χ1v) is 9.94. The number of rotatable bonds is 4. The lowest BCUT2D eigenvalue weighted by Crippen LogP contribution is -2.09. The largest absolute Gasteiger partial charge is 0.473 e. The molecule has 126 valence electrons. The average molecular weight is 362 g/mol. The third-order valence-corrected chi connectivity index (χ3v) is 4.76. The first-order valence-electron chi connectivity index (χ1n) is 7.27. The molecule has 2 aromatic rings. The minimum Gasteiger partial charge on any atom is -0.473 e. The maximum Gasteiger partial charge on any atom is 0.284 e. The van der Waals surface area contributed by atoms with Gasteiger partial charge in [-0.05, 0) is 25.3 Å². The third kappa shape index (κ3) is 4.94. The van der Waals surface area contributed by atoms with E-state index in [4.69, 9.17) is 4.74 Å². The van der Waals surface area contributed by atoms with E-state index in [1.165, 1.54) is 23.9 Å². The number of benzene rings is 2. The second-order valence-electron chi connectivity index (χ2n) is 4.58. The van der Waals surface area contributed by atoms with Crippen molar-refractivity contribution in [3.63, 3.8) is 0 Å². The number of hydrogen-bond donors (Lipinski definition) is 0. The molecule has 0 aliphatic rings. The van der Waals surface area contributed by atoms with Gasteiger partial charge in [0.25, 0.3) is 15.3 Å². The molecule has 0 radical (unpaired) electrons. The van der Waals surface area contributed by atoms with Crippen molar-refractivity contribution in [1.82, 2.24) is 0 Å². The Morgan fingerprint density at radius 2 is 1.62 bits per heavy atom. The van der Waals surface area contributed by atoms with Gasteiger partial charge in [-0.1, -0.05) is 60.3 Å². The molecule has 2 rings (SSSR count). The van der Waals surface area contributed by atoms with Gasteiger partial charge in [0.15, 0.2) is 5.84 Å². The summed E-state index contributed by atoms with van der Waals surface area (Å²) < 4.78 is 34.4. The zero-order valence-corrected chi connectivity index (χ0v) is 15.0. The van der Waals surface area contributed by atoms with Gasteiger partial charge >= 0.3 is 0 Å². The normalized spacial score (nSPS) is 12.9. The fourth-order valence-electron chi connectivity index (χ4n) is 1.83. The van der Waals surface area contributed by atoms with Crippen molar-refractivity contribution < 1.29 is 13.2 Å². The highest BCUT2D eigenvalue weighted by atomic mass is 32.2. The zero-order valence-electron chi connectivity index (χ0n) is 13.4. The van der Waals surface area contributed by atoms with E-state index in [0.717, 1.165) is 0 Å². The van der Waals surface area contributed by atoms with Gasteiger partial charge in [0.1, 0.15) is 0 Å². The van der Waals surface area contributed by atoms with Gasteiger partial charge in [-0.15, -0.1) is 4.40 Å². The van der Waals surface area contributed by atoms with Crippen LogP contribution in [0.3, 0.4) is 0 Å². The maximum absolute atomic E-state index is 12.5. The van der Waals surface area contributed by atoms with Crippen molar-refractivity contribution in [1.29, 1.82) is 0 Å². The highest BCUT2D eigenvalue weighted by molar-refractivity contribution is 8.13. The van der Waals surface area contributed by atoms with Gasteiger partial charge < -0.3 is 4.74 Å². The van der Waals surface area contributed by atoms with Crippen LogP contribution in [0.25, 0.3) is 0 Å². The lowest BCUT2D eigenvalue weighted by atomic mass is 10.2. The minimum atomic E-state index is -3.86. The highest BCUT2D eigenvalue weighted by Crippen LogP contribution is 2.15. The Morgan fingerprint density at radius 1 is 1.04 bits per heavy atom. The average Bonchev–Trinajstić information content (AvgIpc) is 2.62. The van der Waals surface area contributed by atoms with Gasteiger partial charge in [-0.25, -0.2) is 0 Å². The fourth-order valence-corrected chi connectivity index (χ4v) is 3.22. The Labute approximate surface area is 146 Å². The molecule has 0 saturated heterocycles. The van der Waals surface area contributed by atoms with Gasteiger partial charge in [0.05, 0.1) is 11.5 Å². The van der Waals surface area contributed by atoms with Crippen LogP contribution in [-0.2, 0) is 14.8 Å². The molecule has 0 atom stereocenters. The van der Waals surface area contributed by atoms with Crippen LogP contribution in [0.5, 0.6) is 0 Å². The molecule has 0 aromatic heterocycles. The van der Waals surface area contributed by atoms with Crippen LogP contribution in [0, 0.1) is 0 Å². The summed E-state index contributed by atoms with van der Waals surface area (Å²) in [4.78, 5) is 4.41. The van der Waals surface area contributed by atoms with Crippen LogP contribution in [0.15, 0.2) is 74.9 Å². The van der Waals surface area contributed by atoms with E-state index >= 15 is 0 Å². The predicted octanol–water partition coefficient (Wildman–Crippen LogP) is 3.58. The van der Waals surface area contributed by atoms with E-state index in [-0.39, 0.29) is 10.7 Å². The molecule has 0 heterocycles. The molecule has 0 N–H and O–H groups in total. The summed E-state index contributed by atoms with van der Waals surface area (Å²) >= 11 is 1.29. The van der Waals surface area contributed by atoms with Gasteiger partial charge in [-0.2, -0.15) is 13.4 Å². The number of sulfonamides is 1.